The van der Waals surface area contributed by atoms with E-state index in [9.17, 15) is 4.79 Å². The van der Waals surface area contributed by atoms with Gasteiger partial charge in [0.2, 0.25) is 0 Å². The Bertz CT molecular complexity index is 152. The normalized spacial score (nSPS) is 22.8. The van der Waals surface area contributed by atoms with Crippen molar-refractivity contribution in [2.45, 2.75) is 32.4 Å². The van der Waals surface area contributed by atoms with Gasteiger partial charge in [0.25, 0.3) is 0 Å². The molecule has 0 bridgehead atoms. The maximum atomic E-state index is 11.0. The lowest BCUT2D eigenvalue weighted by Gasteiger charge is -2.12. The molecule has 0 aromatic rings. The second-order valence-electron chi connectivity index (χ2n) is 3.19. The largest absolute Gasteiger partial charge is 0.444 e. The van der Waals surface area contributed by atoms with Gasteiger partial charge in [-0.2, -0.15) is 0 Å². The van der Waals surface area contributed by atoms with E-state index in [1.165, 1.54) is 0 Å². The Labute approximate surface area is 72.2 Å². The van der Waals surface area contributed by atoms with E-state index in [1.807, 2.05) is 13.8 Å². The average Bonchev–Trinajstić information content (AvgIpc) is 2.37. The number of carbonyl (C=O) groups excluding carboxylic acids is 1. The van der Waals surface area contributed by atoms with Crippen LogP contribution >= 0.6 is 0 Å². The quantitative estimate of drug-likeness (QED) is 0.675. The zero-order valence-electron chi connectivity index (χ0n) is 7.50. The third-order valence-corrected chi connectivity index (χ3v) is 1.57. The minimum atomic E-state index is -0.347. The lowest BCUT2D eigenvalue weighted by molar-refractivity contribution is 0.0817. The topological polar surface area (TPSA) is 47.6 Å². The molecule has 4 nitrogen and oxygen atoms in total. The minimum absolute atomic E-state index is 0.0521. The summed E-state index contributed by atoms with van der Waals surface area (Å²) in [5.41, 5.74) is 0. The maximum Gasteiger partial charge on any atom is 0.407 e. The molecule has 1 amide bonds. The number of amides is 1. The van der Waals surface area contributed by atoms with Crippen molar-refractivity contribution in [3.8, 4) is 0 Å². The zero-order chi connectivity index (χ0) is 8.97. The lowest BCUT2D eigenvalue weighted by Crippen LogP contribution is -2.33. The predicted octanol–water partition coefficient (Wildman–Crippen LogP) is 0.910. The van der Waals surface area contributed by atoms with Crippen LogP contribution in [0.15, 0.2) is 0 Å². The molecular weight excluding hydrogens is 158 g/mol. The van der Waals surface area contributed by atoms with Crippen molar-refractivity contribution in [3.63, 3.8) is 0 Å². The summed E-state index contributed by atoms with van der Waals surface area (Å²) < 4.78 is 10.1. The molecule has 12 heavy (non-hydrogen) atoms. The van der Waals surface area contributed by atoms with Crippen LogP contribution in [-0.2, 0) is 9.47 Å². The van der Waals surface area contributed by atoms with Crippen LogP contribution in [-0.4, -0.2) is 31.5 Å². The van der Waals surface area contributed by atoms with Crippen LogP contribution in [0.2, 0.25) is 0 Å². The molecule has 0 spiro atoms. The lowest BCUT2D eigenvalue weighted by atomic mass is 10.3. The number of hydrogen-bond donors (Lipinski definition) is 1. The van der Waals surface area contributed by atoms with Crippen LogP contribution in [0.1, 0.15) is 20.3 Å². The van der Waals surface area contributed by atoms with Crippen LogP contribution in [0, 0.1) is 0 Å². The van der Waals surface area contributed by atoms with Crippen molar-refractivity contribution >= 4 is 6.09 Å². The van der Waals surface area contributed by atoms with E-state index >= 15 is 0 Å². The van der Waals surface area contributed by atoms with Gasteiger partial charge in [0.15, 0.2) is 0 Å². The summed E-state index contributed by atoms with van der Waals surface area (Å²) in [7, 11) is 0. The summed E-state index contributed by atoms with van der Waals surface area (Å²) in [5.74, 6) is 0. The zero-order valence-corrected chi connectivity index (χ0v) is 7.50. The van der Waals surface area contributed by atoms with E-state index in [0.717, 1.165) is 6.42 Å². The highest BCUT2D eigenvalue weighted by Gasteiger charge is 2.19. The fourth-order valence-electron chi connectivity index (χ4n) is 1.03. The van der Waals surface area contributed by atoms with Crippen LogP contribution in [0.4, 0.5) is 4.79 Å². The third-order valence-electron chi connectivity index (χ3n) is 1.57. The highest BCUT2D eigenvalue weighted by Crippen LogP contribution is 2.07. The van der Waals surface area contributed by atoms with E-state index in [0.29, 0.717) is 13.2 Å². The molecular formula is C8H15NO3. The molecule has 1 rings (SSSR count). The van der Waals surface area contributed by atoms with Gasteiger partial charge < -0.3 is 14.8 Å². The molecule has 0 aromatic heterocycles. The summed E-state index contributed by atoms with van der Waals surface area (Å²) in [5, 5.41) is 2.65. The predicted molar refractivity (Wildman–Crippen MR) is 44.0 cm³/mol. The molecule has 0 radical (unpaired) electrons. The number of hydrogen-bond acceptors (Lipinski definition) is 3. The van der Waals surface area contributed by atoms with E-state index < -0.39 is 0 Å². The molecule has 1 fully saturated rings. The highest BCUT2D eigenvalue weighted by molar-refractivity contribution is 5.67. The molecule has 0 aromatic carbocycles. The summed E-state index contributed by atoms with van der Waals surface area (Å²) in [6.45, 7) is 5.02. The highest BCUT2D eigenvalue weighted by atomic mass is 16.6. The summed E-state index contributed by atoms with van der Waals surface area (Å²) in [6, 6.07) is 0.125. The number of rotatable bonds is 2. The molecule has 1 heterocycles. The second kappa shape index (κ2) is 4.30. The maximum absolute atomic E-state index is 11.0. The van der Waals surface area contributed by atoms with E-state index in [2.05, 4.69) is 5.32 Å². The molecule has 1 N–H and O–H groups in total. The van der Waals surface area contributed by atoms with Gasteiger partial charge in [-0.3, -0.25) is 0 Å². The molecule has 1 atom stereocenters. The standard InChI is InChI=1S/C8H15NO3/c1-6(2)9-8(10)12-7-3-4-11-5-7/h6-7H,3-5H2,1-2H3,(H,9,10)/t7-/m0/s1. The fraction of sp³-hybridized carbons (Fsp3) is 0.875. The number of nitrogens with one attached hydrogen (secondary N) is 1. The first-order valence-electron chi connectivity index (χ1n) is 4.23. The third kappa shape index (κ3) is 3.09. The monoisotopic (exact) mass is 173 g/mol. The van der Waals surface area contributed by atoms with Crippen LogP contribution in [0.25, 0.3) is 0 Å². The smallest absolute Gasteiger partial charge is 0.407 e. The average molecular weight is 173 g/mol. The molecule has 0 aliphatic carbocycles. The van der Waals surface area contributed by atoms with Crippen LogP contribution < -0.4 is 5.32 Å². The first kappa shape index (κ1) is 9.32. The number of alkyl carbamates (subject to hydrolysis) is 1. The van der Waals surface area contributed by atoms with Gasteiger partial charge in [-0.15, -0.1) is 0 Å². The minimum Gasteiger partial charge on any atom is -0.444 e. The molecule has 1 aliphatic heterocycles. The first-order valence-corrected chi connectivity index (χ1v) is 4.23. The van der Waals surface area contributed by atoms with Crippen molar-refractivity contribution in [1.82, 2.24) is 5.32 Å². The summed E-state index contributed by atoms with van der Waals surface area (Å²) >= 11 is 0. The molecule has 1 aliphatic rings. The van der Waals surface area contributed by atoms with E-state index in [-0.39, 0.29) is 18.2 Å². The van der Waals surface area contributed by atoms with Gasteiger partial charge in [-0.25, -0.2) is 4.79 Å². The second-order valence-corrected chi connectivity index (χ2v) is 3.19. The SMILES string of the molecule is CC(C)NC(=O)O[C@H]1CCOC1. The van der Waals surface area contributed by atoms with E-state index in [4.69, 9.17) is 9.47 Å². The van der Waals surface area contributed by atoms with Gasteiger partial charge in [0, 0.05) is 12.5 Å². The Kier molecular flexibility index (Phi) is 3.34. The van der Waals surface area contributed by atoms with Crippen LogP contribution in [0.3, 0.4) is 0 Å². The Morgan fingerprint density at radius 2 is 2.42 bits per heavy atom. The van der Waals surface area contributed by atoms with Gasteiger partial charge >= 0.3 is 6.09 Å². The van der Waals surface area contributed by atoms with Gasteiger partial charge in [-0.1, -0.05) is 0 Å². The Balaban J connectivity index is 2.16. The van der Waals surface area contributed by atoms with Crippen molar-refractivity contribution in [2.24, 2.45) is 0 Å². The molecule has 4 heteroatoms. The molecule has 70 valence electrons. The number of ether oxygens (including phenoxy) is 2. The molecule has 0 unspecified atom stereocenters. The van der Waals surface area contributed by atoms with Crippen LogP contribution in [0.5, 0.6) is 0 Å². The fourth-order valence-corrected chi connectivity index (χ4v) is 1.03. The molecule has 0 saturated carbocycles. The van der Waals surface area contributed by atoms with Crippen molar-refractivity contribution in [1.29, 1.82) is 0 Å². The van der Waals surface area contributed by atoms with Crippen molar-refractivity contribution in [3.05, 3.63) is 0 Å². The van der Waals surface area contributed by atoms with Crippen molar-refractivity contribution < 1.29 is 14.3 Å². The van der Waals surface area contributed by atoms with Gasteiger partial charge in [0.05, 0.1) is 13.2 Å². The number of carbonyl (C=O) groups is 1. The first-order chi connectivity index (χ1) is 5.68. The van der Waals surface area contributed by atoms with Crippen molar-refractivity contribution in [2.75, 3.05) is 13.2 Å². The molecule has 1 saturated heterocycles. The van der Waals surface area contributed by atoms with E-state index in [1.54, 1.807) is 0 Å². The Morgan fingerprint density at radius 1 is 1.67 bits per heavy atom. The summed E-state index contributed by atoms with van der Waals surface area (Å²) in [6.07, 6.45) is 0.412. The Morgan fingerprint density at radius 3 is 2.92 bits per heavy atom. The van der Waals surface area contributed by atoms with Gasteiger partial charge in [0.1, 0.15) is 6.10 Å². The Hall–Kier alpha value is -0.770. The summed E-state index contributed by atoms with van der Waals surface area (Å²) in [4.78, 5) is 11.0. The van der Waals surface area contributed by atoms with Gasteiger partial charge in [-0.05, 0) is 13.8 Å².